The normalized spacial score (nSPS) is 12.2. The number of hydrogen-bond donors (Lipinski definition) is 2. The molecule has 1 aromatic rings. The van der Waals surface area contributed by atoms with Crippen LogP contribution in [0, 0.1) is 0 Å². The lowest BCUT2D eigenvalue weighted by Crippen LogP contribution is -2.03. The fourth-order valence-corrected chi connectivity index (χ4v) is 2.11. The number of methoxy groups -OCH3 is 2. The number of rotatable bonds is 5. The maximum atomic E-state index is 9.00. The van der Waals surface area contributed by atoms with E-state index in [9.17, 15) is 0 Å². The number of nitrogens with two attached hydrogens (primary N) is 1. The largest absolute Gasteiger partial charge is 0.493 e. The third kappa shape index (κ3) is 2.96. The molecule has 0 aliphatic rings. The molecule has 3 N–H and O–H groups in total. The second-order valence-corrected chi connectivity index (χ2v) is 4.84. The third-order valence-corrected chi connectivity index (χ3v) is 3.26. The number of aliphatic hydroxyl groups excluding tert-OH is 1. The molecule has 0 bridgehead atoms. The standard InChI is InChI=1S/C11H17NO3S/c1-7(6-13)16-11-5-10(15-3)9(14-2)4-8(11)12/h4-5,7,13H,6,12H2,1-3H3. The molecule has 0 fully saturated rings. The first kappa shape index (κ1) is 13.0. The fourth-order valence-electron chi connectivity index (χ4n) is 1.23. The van der Waals surface area contributed by atoms with Gasteiger partial charge in [0, 0.05) is 21.9 Å². The summed E-state index contributed by atoms with van der Waals surface area (Å²) in [6.07, 6.45) is 0. The van der Waals surface area contributed by atoms with Crippen molar-refractivity contribution in [2.75, 3.05) is 26.6 Å². The maximum absolute atomic E-state index is 9.00. The lowest BCUT2D eigenvalue weighted by atomic mass is 10.3. The van der Waals surface area contributed by atoms with Gasteiger partial charge in [-0.2, -0.15) is 0 Å². The minimum Gasteiger partial charge on any atom is -0.493 e. The molecule has 16 heavy (non-hydrogen) atoms. The molecule has 0 amide bonds. The Morgan fingerprint density at radius 2 is 1.88 bits per heavy atom. The average Bonchev–Trinajstić information content (AvgIpc) is 2.30. The Kier molecular flexibility index (Phi) is 4.76. The number of anilines is 1. The molecule has 0 aliphatic heterocycles. The van der Waals surface area contributed by atoms with Crippen LogP contribution >= 0.6 is 11.8 Å². The summed E-state index contributed by atoms with van der Waals surface area (Å²) in [7, 11) is 3.15. The fraction of sp³-hybridized carbons (Fsp3) is 0.455. The van der Waals surface area contributed by atoms with Gasteiger partial charge in [0.1, 0.15) is 0 Å². The van der Waals surface area contributed by atoms with E-state index in [1.54, 1.807) is 20.3 Å². The van der Waals surface area contributed by atoms with E-state index in [2.05, 4.69) is 0 Å². The van der Waals surface area contributed by atoms with Crippen LogP contribution in [0.15, 0.2) is 17.0 Å². The van der Waals surface area contributed by atoms with Gasteiger partial charge in [0.2, 0.25) is 0 Å². The van der Waals surface area contributed by atoms with Crippen LogP contribution in [-0.2, 0) is 0 Å². The molecule has 0 heterocycles. The Morgan fingerprint density at radius 1 is 1.31 bits per heavy atom. The van der Waals surface area contributed by atoms with Crippen molar-refractivity contribution in [3.63, 3.8) is 0 Å². The van der Waals surface area contributed by atoms with Crippen LogP contribution in [0.1, 0.15) is 6.92 Å². The highest BCUT2D eigenvalue weighted by Crippen LogP contribution is 2.38. The predicted molar refractivity (Wildman–Crippen MR) is 66.4 cm³/mol. The van der Waals surface area contributed by atoms with Crippen LogP contribution in [0.25, 0.3) is 0 Å². The number of nitrogen functional groups attached to an aromatic ring is 1. The summed E-state index contributed by atoms with van der Waals surface area (Å²) >= 11 is 1.51. The van der Waals surface area contributed by atoms with E-state index in [-0.39, 0.29) is 11.9 Å². The molecule has 0 aromatic heterocycles. The van der Waals surface area contributed by atoms with E-state index in [0.717, 1.165) is 4.90 Å². The van der Waals surface area contributed by atoms with E-state index >= 15 is 0 Å². The molecule has 1 unspecified atom stereocenters. The van der Waals surface area contributed by atoms with E-state index in [4.69, 9.17) is 20.3 Å². The van der Waals surface area contributed by atoms with Crippen molar-refractivity contribution in [1.82, 2.24) is 0 Å². The average molecular weight is 243 g/mol. The quantitative estimate of drug-likeness (QED) is 0.609. The van der Waals surface area contributed by atoms with Gasteiger partial charge in [0.15, 0.2) is 11.5 Å². The molecular formula is C11H17NO3S. The van der Waals surface area contributed by atoms with Crippen molar-refractivity contribution in [2.45, 2.75) is 17.1 Å². The van der Waals surface area contributed by atoms with Gasteiger partial charge in [-0.05, 0) is 6.07 Å². The topological polar surface area (TPSA) is 64.7 Å². The number of ether oxygens (including phenoxy) is 2. The molecule has 1 atom stereocenters. The Bertz CT molecular complexity index is 357. The van der Waals surface area contributed by atoms with Gasteiger partial charge in [-0.3, -0.25) is 0 Å². The first-order valence-corrected chi connectivity index (χ1v) is 5.79. The number of aliphatic hydroxyl groups is 1. The molecule has 0 radical (unpaired) electrons. The van der Waals surface area contributed by atoms with Gasteiger partial charge in [-0.25, -0.2) is 0 Å². The molecular weight excluding hydrogens is 226 g/mol. The van der Waals surface area contributed by atoms with Gasteiger partial charge in [-0.1, -0.05) is 6.92 Å². The molecule has 4 nitrogen and oxygen atoms in total. The summed E-state index contributed by atoms with van der Waals surface area (Å²) < 4.78 is 10.3. The highest BCUT2D eigenvalue weighted by molar-refractivity contribution is 8.00. The molecule has 0 spiro atoms. The minimum absolute atomic E-state index is 0.0976. The Morgan fingerprint density at radius 3 is 2.38 bits per heavy atom. The highest BCUT2D eigenvalue weighted by atomic mass is 32.2. The van der Waals surface area contributed by atoms with Crippen molar-refractivity contribution < 1.29 is 14.6 Å². The first-order valence-electron chi connectivity index (χ1n) is 4.91. The first-order chi connectivity index (χ1) is 7.62. The van der Waals surface area contributed by atoms with Gasteiger partial charge in [0.05, 0.1) is 20.8 Å². The minimum atomic E-state index is 0.0976. The van der Waals surface area contributed by atoms with Gasteiger partial charge in [-0.15, -0.1) is 11.8 Å². The summed E-state index contributed by atoms with van der Waals surface area (Å²) in [5.41, 5.74) is 6.51. The van der Waals surface area contributed by atoms with Crippen LogP contribution in [0.2, 0.25) is 0 Å². The Labute approximate surface area is 99.7 Å². The number of thioether (sulfide) groups is 1. The molecule has 0 saturated heterocycles. The van der Waals surface area contributed by atoms with E-state index in [1.165, 1.54) is 11.8 Å². The number of benzene rings is 1. The number of hydrogen-bond acceptors (Lipinski definition) is 5. The lowest BCUT2D eigenvalue weighted by Gasteiger charge is -2.14. The van der Waals surface area contributed by atoms with Crippen molar-refractivity contribution in [1.29, 1.82) is 0 Å². The maximum Gasteiger partial charge on any atom is 0.162 e. The van der Waals surface area contributed by atoms with Crippen molar-refractivity contribution in [3.05, 3.63) is 12.1 Å². The van der Waals surface area contributed by atoms with Crippen molar-refractivity contribution >= 4 is 17.4 Å². The van der Waals surface area contributed by atoms with E-state index < -0.39 is 0 Å². The highest BCUT2D eigenvalue weighted by Gasteiger charge is 2.11. The summed E-state index contributed by atoms with van der Waals surface area (Å²) in [6, 6.07) is 3.55. The van der Waals surface area contributed by atoms with E-state index in [0.29, 0.717) is 17.2 Å². The van der Waals surface area contributed by atoms with Crippen LogP contribution < -0.4 is 15.2 Å². The monoisotopic (exact) mass is 243 g/mol. The van der Waals surface area contributed by atoms with Gasteiger partial charge in [0.25, 0.3) is 0 Å². The van der Waals surface area contributed by atoms with Crippen LogP contribution in [-0.4, -0.2) is 31.2 Å². The predicted octanol–water partition coefficient (Wildman–Crippen LogP) is 1.76. The second-order valence-electron chi connectivity index (χ2n) is 3.36. The summed E-state index contributed by atoms with van der Waals surface area (Å²) in [5.74, 6) is 1.25. The van der Waals surface area contributed by atoms with Crippen LogP contribution in [0.3, 0.4) is 0 Å². The molecule has 1 aromatic carbocycles. The molecule has 0 saturated carbocycles. The van der Waals surface area contributed by atoms with Crippen molar-refractivity contribution in [2.24, 2.45) is 0 Å². The van der Waals surface area contributed by atoms with Crippen LogP contribution in [0.5, 0.6) is 11.5 Å². The Hall–Kier alpha value is -1.07. The zero-order valence-electron chi connectivity index (χ0n) is 9.69. The zero-order valence-corrected chi connectivity index (χ0v) is 10.5. The summed E-state index contributed by atoms with van der Waals surface area (Å²) in [4.78, 5) is 0.888. The zero-order chi connectivity index (χ0) is 12.1. The third-order valence-electron chi connectivity index (χ3n) is 2.10. The molecule has 5 heteroatoms. The Balaban J connectivity index is 3.01. The second kappa shape index (κ2) is 5.86. The molecule has 90 valence electrons. The molecule has 0 aliphatic carbocycles. The lowest BCUT2D eigenvalue weighted by molar-refractivity contribution is 0.300. The summed E-state index contributed by atoms with van der Waals surface area (Å²) in [5, 5.41) is 9.09. The van der Waals surface area contributed by atoms with Gasteiger partial charge < -0.3 is 20.3 Å². The molecule has 1 rings (SSSR count). The van der Waals surface area contributed by atoms with Crippen molar-refractivity contribution in [3.8, 4) is 11.5 Å². The SMILES string of the molecule is COc1cc(N)c(SC(C)CO)cc1OC. The van der Waals surface area contributed by atoms with Gasteiger partial charge >= 0.3 is 0 Å². The van der Waals surface area contributed by atoms with E-state index in [1.807, 2.05) is 13.0 Å². The van der Waals surface area contributed by atoms with Crippen LogP contribution in [0.4, 0.5) is 5.69 Å². The smallest absolute Gasteiger partial charge is 0.162 e. The summed E-state index contributed by atoms with van der Waals surface area (Å²) in [6.45, 7) is 2.04.